The third kappa shape index (κ3) is 5.18. The second kappa shape index (κ2) is 9.33. The lowest BCUT2D eigenvalue weighted by molar-refractivity contribution is -0.388. The molecule has 0 saturated carbocycles. The van der Waals surface area contributed by atoms with E-state index in [-0.39, 0.29) is 17.0 Å². The van der Waals surface area contributed by atoms with Crippen LogP contribution in [0.1, 0.15) is 32.1 Å². The van der Waals surface area contributed by atoms with Crippen LogP contribution in [-0.2, 0) is 19.6 Å². The summed E-state index contributed by atoms with van der Waals surface area (Å²) in [6, 6.07) is 3.94. The van der Waals surface area contributed by atoms with Crippen LogP contribution in [0.4, 0.5) is 5.69 Å². The van der Waals surface area contributed by atoms with Crippen LogP contribution in [-0.4, -0.2) is 49.6 Å². The molecular weight excluding hydrogens is 380 g/mol. The number of esters is 1. The Kier molecular flexibility index (Phi) is 7.42. The van der Waals surface area contributed by atoms with Crippen LogP contribution in [0.25, 0.3) is 0 Å². The van der Waals surface area contributed by atoms with Crippen LogP contribution in [0.5, 0.6) is 0 Å². The Balaban J connectivity index is 2.23. The molecule has 10 heteroatoms. The highest BCUT2D eigenvalue weighted by molar-refractivity contribution is 7.99. The molecule has 1 aliphatic heterocycles. The number of nitrogens with zero attached hydrogens (tertiary/aromatic N) is 2. The highest BCUT2D eigenvalue weighted by Crippen LogP contribution is 2.33. The Morgan fingerprint density at radius 3 is 2.50 bits per heavy atom. The molecule has 2 rings (SSSR count). The molecule has 0 N–H and O–H groups in total. The standard InChI is InChI=1S/C16H22N2O6S2/c1-24-16(19)8-11-25-15-7-6-13(12-14(15)18(20)21)26(22,23)17-9-4-2-3-5-10-17/h6-7,12H,2-5,8-11H2,1H3. The van der Waals surface area contributed by atoms with E-state index < -0.39 is 20.9 Å². The zero-order chi connectivity index (χ0) is 19.2. The zero-order valence-electron chi connectivity index (χ0n) is 14.5. The van der Waals surface area contributed by atoms with Crippen LogP contribution in [0.3, 0.4) is 0 Å². The zero-order valence-corrected chi connectivity index (χ0v) is 16.2. The molecule has 144 valence electrons. The molecule has 0 unspecified atom stereocenters. The third-order valence-corrected chi connectivity index (χ3v) is 7.08. The van der Waals surface area contributed by atoms with E-state index in [1.54, 1.807) is 0 Å². The number of thioether (sulfide) groups is 1. The van der Waals surface area contributed by atoms with Gasteiger partial charge in [0.2, 0.25) is 10.0 Å². The number of nitro benzene ring substituents is 1. The summed E-state index contributed by atoms with van der Waals surface area (Å²) in [5.41, 5.74) is -0.268. The maximum atomic E-state index is 12.8. The third-order valence-electron chi connectivity index (χ3n) is 4.12. The van der Waals surface area contributed by atoms with Crippen molar-refractivity contribution >= 4 is 33.4 Å². The van der Waals surface area contributed by atoms with E-state index in [1.807, 2.05) is 0 Å². The molecule has 1 heterocycles. The minimum atomic E-state index is -3.75. The van der Waals surface area contributed by atoms with E-state index >= 15 is 0 Å². The number of carbonyl (C=O) groups excluding carboxylic acids is 1. The van der Waals surface area contributed by atoms with Gasteiger partial charge in [-0.05, 0) is 25.0 Å². The first-order valence-corrected chi connectivity index (χ1v) is 10.8. The number of methoxy groups -OCH3 is 1. The molecule has 26 heavy (non-hydrogen) atoms. The Bertz CT molecular complexity index is 758. The van der Waals surface area contributed by atoms with Crippen molar-refractivity contribution < 1.29 is 22.9 Å². The summed E-state index contributed by atoms with van der Waals surface area (Å²) < 4.78 is 31.5. The largest absolute Gasteiger partial charge is 0.469 e. The molecule has 0 bridgehead atoms. The van der Waals surface area contributed by atoms with Crippen molar-refractivity contribution in [3.8, 4) is 0 Å². The lowest BCUT2D eigenvalue weighted by atomic mass is 10.2. The molecule has 0 aliphatic carbocycles. The van der Waals surface area contributed by atoms with Gasteiger partial charge in [0, 0.05) is 24.9 Å². The monoisotopic (exact) mass is 402 g/mol. The summed E-state index contributed by atoms with van der Waals surface area (Å²) in [5.74, 6) is -0.0911. The smallest absolute Gasteiger partial charge is 0.306 e. The number of carbonyl (C=O) groups is 1. The van der Waals surface area contributed by atoms with E-state index in [2.05, 4.69) is 4.74 Å². The van der Waals surface area contributed by atoms with Crippen molar-refractivity contribution in [2.75, 3.05) is 26.0 Å². The molecule has 0 radical (unpaired) electrons. The van der Waals surface area contributed by atoms with Crippen LogP contribution in [0, 0.1) is 10.1 Å². The fourth-order valence-electron chi connectivity index (χ4n) is 2.70. The van der Waals surface area contributed by atoms with Gasteiger partial charge in [0.15, 0.2) is 0 Å². The molecular formula is C16H22N2O6S2. The minimum Gasteiger partial charge on any atom is -0.469 e. The number of sulfonamides is 1. The van der Waals surface area contributed by atoms with Gasteiger partial charge >= 0.3 is 5.97 Å². The lowest BCUT2D eigenvalue weighted by Crippen LogP contribution is -2.31. The van der Waals surface area contributed by atoms with Gasteiger partial charge in [-0.1, -0.05) is 12.8 Å². The van der Waals surface area contributed by atoms with Gasteiger partial charge < -0.3 is 4.74 Å². The Morgan fingerprint density at radius 1 is 1.27 bits per heavy atom. The van der Waals surface area contributed by atoms with Crippen molar-refractivity contribution in [2.24, 2.45) is 0 Å². The van der Waals surface area contributed by atoms with Crippen LogP contribution < -0.4 is 0 Å². The molecule has 1 fully saturated rings. The summed E-state index contributed by atoms with van der Waals surface area (Å²) in [7, 11) is -2.47. The van der Waals surface area contributed by atoms with E-state index in [0.717, 1.165) is 43.5 Å². The number of hydrogen-bond donors (Lipinski definition) is 0. The molecule has 0 amide bonds. The summed E-state index contributed by atoms with van der Waals surface area (Å²) >= 11 is 1.13. The lowest BCUT2D eigenvalue weighted by Gasteiger charge is -2.20. The molecule has 1 aliphatic rings. The van der Waals surface area contributed by atoms with Gasteiger partial charge in [0.1, 0.15) is 0 Å². The first kappa shape index (κ1) is 20.7. The van der Waals surface area contributed by atoms with E-state index in [0.29, 0.717) is 23.7 Å². The number of ether oxygens (including phenoxy) is 1. The Hall–Kier alpha value is -1.65. The van der Waals surface area contributed by atoms with Gasteiger partial charge in [-0.2, -0.15) is 4.31 Å². The van der Waals surface area contributed by atoms with Gasteiger partial charge in [0.05, 0.1) is 28.2 Å². The summed E-state index contributed by atoms with van der Waals surface area (Å²) in [4.78, 5) is 22.2. The quantitative estimate of drug-likeness (QED) is 0.299. The van der Waals surface area contributed by atoms with Crippen molar-refractivity contribution in [1.82, 2.24) is 4.31 Å². The van der Waals surface area contributed by atoms with Crippen LogP contribution >= 0.6 is 11.8 Å². The predicted molar refractivity (Wildman–Crippen MR) is 97.7 cm³/mol. The molecule has 8 nitrogen and oxygen atoms in total. The molecule has 1 aromatic carbocycles. The van der Waals surface area contributed by atoms with Crippen LogP contribution in [0.15, 0.2) is 28.0 Å². The average molecular weight is 402 g/mol. The van der Waals surface area contributed by atoms with Crippen molar-refractivity contribution in [3.63, 3.8) is 0 Å². The molecule has 1 aromatic rings. The molecule has 0 aromatic heterocycles. The van der Waals surface area contributed by atoms with Gasteiger partial charge in [-0.3, -0.25) is 14.9 Å². The fourth-order valence-corrected chi connectivity index (χ4v) is 5.17. The topological polar surface area (TPSA) is 107 Å². The van der Waals surface area contributed by atoms with Gasteiger partial charge in [0.25, 0.3) is 5.69 Å². The maximum absolute atomic E-state index is 12.8. The van der Waals surface area contributed by atoms with E-state index in [1.165, 1.54) is 23.5 Å². The second-order valence-electron chi connectivity index (χ2n) is 5.88. The second-order valence-corrected chi connectivity index (χ2v) is 8.95. The molecule has 0 spiro atoms. The number of rotatable bonds is 7. The highest BCUT2D eigenvalue weighted by atomic mass is 32.2. The normalized spacial score (nSPS) is 16.0. The highest BCUT2D eigenvalue weighted by Gasteiger charge is 2.28. The number of benzene rings is 1. The predicted octanol–water partition coefficient (Wildman–Crippen LogP) is 2.81. The first-order valence-electron chi connectivity index (χ1n) is 8.34. The first-order chi connectivity index (χ1) is 12.4. The van der Waals surface area contributed by atoms with Gasteiger partial charge in [-0.15, -0.1) is 11.8 Å². The van der Waals surface area contributed by atoms with Crippen LogP contribution in [0.2, 0.25) is 0 Å². The molecule has 0 atom stereocenters. The number of nitro groups is 1. The van der Waals surface area contributed by atoms with Crippen molar-refractivity contribution in [2.45, 2.75) is 41.9 Å². The maximum Gasteiger partial charge on any atom is 0.306 e. The van der Waals surface area contributed by atoms with Crippen molar-refractivity contribution in [1.29, 1.82) is 0 Å². The average Bonchev–Trinajstić information content (AvgIpc) is 2.91. The summed E-state index contributed by atoms with van der Waals surface area (Å²) in [6.07, 6.45) is 3.68. The SMILES string of the molecule is COC(=O)CCSc1ccc(S(=O)(=O)N2CCCCCC2)cc1[N+](=O)[O-]. The van der Waals surface area contributed by atoms with E-state index in [9.17, 15) is 23.3 Å². The fraction of sp³-hybridized carbons (Fsp3) is 0.562. The summed E-state index contributed by atoms with van der Waals surface area (Å²) in [6.45, 7) is 0.873. The number of hydrogen-bond acceptors (Lipinski definition) is 7. The summed E-state index contributed by atoms with van der Waals surface area (Å²) in [5, 5.41) is 11.4. The van der Waals surface area contributed by atoms with Crippen molar-refractivity contribution in [3.05, 3.63) is 28.3 Å². The Morgan fingerprint density at radius 2 is 1.92 bits per heavy atom. The Labute approximate surface area is 157 Å². The van der Waals surface area contributed by atoms with Gasteiger partial charge in [-0.25, -0.2) is 8.42 Å². The minimum absolute atomic E-state index is 0.0663. The van der Waals surface area contributed by atoms with E-state index in [4.69, 9.17) is 0 Å². The molecule has 1 saturated heterocycles.